The first-order valence-electron chi connectivity index (χ1n) is 4.79. The van der Waals surface area contributed by atoms with Crippen LogP contribution in [0.3, 0.4) is 0 Å². The third kappa shape index (κ3) is 3.37. The molecule has 0 aromatic heterocycles. The minimum Gasteiger partial charge on any atom is -0.273 e. The number of rotatable bonds is 6. The normalized spacial score (nSPS) is 16.4. The van der Waals surface area contributed by atoms with Gasteiger partial charge in [-0.15, -0.1) is 13.2 Å². The average Bonchev–Trinajstić information content (AvgIpc) is 2.28. The molecule has 0 radical (unpaired) electrons. The Morgan fingerprint density at radius 3 is 1.76 bits per heavy atom. The molecular formula is C10H12N2O3S2. The first-order chi connectivity index (χ1) is 8.11. The standard InChI is InChI=1S/C10H12N2O3S2/c1-3-5-16-11-8(13)7-9(14)12(10(11)15)17-6-4-2/h3-4H,1-2,5-7H2. The monoisotopic (exact) mass is 272 g/mol. The molecule has 4 amide bonds. The van der Waals surface area contributed by atoms with Crippen LogP contribution in [0, 0.1) is 0 Å². The van der Waals surface area contributed by atoms with E-state index in [9.17, 15) is 14.4 Å². The van der Waals surface area contributed by atoms with Crippen LogP contribution < -0.4 is 0 Å². The van der Waals surface area contributed by atoms with Gasteiger partial charge in [-0.1, -0.05) is 12.2 Å². The third-order valence-corrected chi connectivity index (χ3v) is 3.75. The van der Waals surface area contributed by atoms with E-state index >= 15 is 0 Å². The lowest BCUT2D eigenvalue weighted by Gasteiger charge is -2.30. The zero-order valence-corrected chi connectivity index (χ0v) is 10.8. The minimum absolute atomic E-state index is 0.278. The van der Waals surface area contributed by atoms with Gasteiger partial charge in [-0.2, -0.15) is 0 Å². The molecule has 0 saturated carbocycles. The van der Waals surface area contributed by atoms with E-state index in [2.05, 4.69) is 13.2 Å². The molecule has 0 N–H and O–H groups in total. The van der Waals surface area contributed by atoms with Crippen LogP contribution >= 0.6 is 23.9 Å². The summed E-state index contributed by atoms with van der Waals surface area (Å²) in [6, 6.07) is -0.607. The molecular weight excluding hydrogens is 260 g/mol. The fraction of sp³-hybridized carbons (Fsp3) is 0.300. The molecule has 17 heavy (non-hydrogen) atoms. The van der Waals surface area contributed by atoms with Gasteiger partial charge in [-0.3, -0.25) is 9.59 Å². The van der Waals surface area contributed by atoms with Crippen molar-refractivity contribution in [3.8, 4) is 0 Å². The molecule has 0 bridgehead atoms. The molecule has 1 fully saturated rings. The van der Waals surface area contributed by atoms with Gasteiger partial charge in [0.05, 0.1) is 0 Å². The van der Waals surface area contributed by atoms with Gasteiger partial charge in [0, 0.05) is 11.5 Å². The van der Waals surface area contributed by atoms with Crippen LogP contribution in [0.5, 0.6) is 0 Å². The maximum Gasteiger partial charge on any atom is 0.354 e. The van der Waals surface area contributed by atoms with E-state index in [0.717, 1.165) is 32.5 Å². The number of urea groups is 1. The zero-order chi connectivity index (χ0) is 12.8. The quantitative estimate of drug-likeness (QED) is 0.419. The van der Waals surface area contributed by atoms with Crippen molar-refractivity contribution < 1.29 is 14.4 Å². The Hall–Kier alpha value is -1.21. The summed E-state index contributed by atoms with van der Waals surface area (Å²) >= 11 is 2.07. The summed E-state index contributed by atoms with van der Waals surface area (Å²) in [6.07, 6.45) is 2.89. The zero-order valence-electron chi connectivity index (χ0n) is 9.13. The molecule has 92 valence electrons. The number of barbiturate groups is 1. The van der Waals surface area contributed by atoms with Crippen LogP contribution in [-0.4, -0.2) is 38.0 Å². The van der Waals surface area contributed by atoms with Crippen LogP contribution in [-0.2, 0) is 9.59 Å². The molecule has 0 unspecified atom stereocenters. The van der Waals surface area contributed by atoms with E-state index in [4.69, 9.17) is 0 Å². The second-order valence-corrected chi connectivity index (χ2v) is 4.92. The van der Waals surface area contributed by atoms with E-state index < -0.39 is 17.8 Å². The van der Waals surface area contributed by atoms with E-state index in [1.54, 1.807) is 12.2 Å². The van der Waals surface area contributed by atoms with Crippen molar-refractivity contribution in [2.75, 3.05) is 11.5 Å². The Morgan fingerprint density at radius 1 is 1.00 bits per heavy atom. The largest absolute Gasteiger partial charge is 0.354 e. The van der Waals surface area contributed by atoms with Crippen molar-refractivity contribution in [2.45, 2.75) is 6.42 Å². The predicted octanol–water partition coefficient (Wildman–Crippen LogP) is 1.84. The highest BCUT2D eigenvalue weighted by Crippen LogP contribution is 2.25. The lowest BCUT2D eigenvalue weighted by Crippen LogP contribution is -2.49. The molecule has 0 atom stereocenters. The SMILES string of the molecule is C=CCSN1C(=O)CC(=O)N(SCC=C)C1=O. The Labute approximate surface area is 108 Å². The molecule has 7 heteroatoms. The summed E-state index contributed by atoms with van der Waals surface area (Å²) in [4.78, 5) is 34.9. The summed E-state index contributed by atoms with van der Waals surface area (Å²) in [7, 11) is 0. The summed E-state index contributed by atoms with van der Waals surface area (Å²) < 4.78 is 2.00. The summed E-state index contributed by atoms with van der Waals surface area (Å²) in [5, 5.41) is 0. The van der Waals surface area contributed by atoms with E-state index in [-0.39, 0.29) is 6.42 Å². The maximum absolute atomic E-state index is 11.9. The van der Waals surface area contributed by atoms with Crippen LogP contribution in [0.25, 0.3) is 0 Å². The highest BCUT2D eigenvalue weighted by atomic mass is 32.2. The van der Waals surface area contributed by atoms with Crippen molar-refractivity contribution in [3.63, 3.8) is 0 Å². The van der Waals surface area contributed by atoms with Gasteiger partial charge in [0.15, 0.2) is 0 Å². The minimum atomic E-state index is -0.607. The Morgan fingerprint density at radius 2 is 1.41 bits per heavy atom. The highest BCUT2D eigenvalue weighted by Gasteiger charge is 2.38. The lowest BCUT2D eigenvalue weighted by molar-refractivity contribution is -0.135. The first kappa shape index (κ1) is 13.9. The maximum atomic E-state index is 11.9. The Kier molecular flexibility index (Phi) is 5.30. The van der Waals surface area contributed by atoms with Gasteiger partial charge in [-0.05, 0) is 23.9 Å². The van der Waals surface area contributed by atoms with E-state index in [1.807, 2.05) is 0 Å². The van der Waals surface area contributed by atoms with Crippen LogP contribution in [0.2, 0.25) is 0 Å². The molecule has 1 saturated heterocycles. The molecule has 0 aromatic carbocycles. The second kappa shape index (κ2) is 6.51. The second-order valence-electron chi connectivity index (χ2n) is 3.00. The van der Waals surface area contributed by atoms with Crippen molar-refractivity contribution >= 4 is 41.7 Å². The lowest BCUT2D eigenvalue weighted by atomic mass is 10.3. The molecule has 1 aliphatic rings. The first-order valence-corrected chi connectivity index (χ1v) is 6.67. The smallest absolute Gasteiger partial charge is 0.273 e. The summed E-state index contributed by atoms with van der Waals surface area (Å²) in [5.74, 6) is -0.0957. The van der Waals surface area contributed by atoms with Crippen LogP contribution in [0.1, 0.15) is 6.42 Å². The van der Waals surface area contributed by atoms with Crippen LogP contribution in [0.15, 0.2) is 25.3 Å². The van der Waals surface area contributed by atoms with Crippen molar-refractivity contribution in [2.24, 2.45) is 0 Å². The fourth-order valence-electron chi connectivity index (χ4n) is 1.08. The van der Waals surface area contributed by atoms with Gasteiger partial charge in [0.2, 0.25) is 11.8 Å². The number of amides is 4. The molecule has 1 heterocycles. The van der Waals surface area contributed by atoms with Crippen molar-refractivity contribution in [1.29, 1.82) is 0 Å². The number of hydrogen-bond acceptors (Lipinski definition) is 5. The van der Waals surface area contributed by atoms with Gasteiger partial charge in [-0.25, -0.2) is 13.4 Å². The van der Waals surface area contributed by atoms with E-state index in [1.165, 1.54) is 0 Å². The number of carbonyl (C=O) groups excluding carboxylic acids is 3. The van der Waals surface area contributed by atoms with Gasteiger partial charge < -0.3 is 0 Å². The summed E-state index contributed by atoms with van der Waals surface area (Å²) in [5.41, 5.74) is 0. The van der Waals surface area contributed by atoms with Crippen molar-refractivity contribution in [3.05, 3.63) is 25.3 Å². The average molecular weight is 272 g/mol. The third-order valence-electron chi connectivity index (χ3n) is 1.75. The number of imide groups is 2. The number of carbonyl (C=O) groups is 3. The summed E-state index contributed by atoms with van der Waals surface area (Å²) in [6.45, 7) is 7.02. The molecule has 5 nitrogen and oxygen atoms in total. The van der Waals surface area contributed by atoms with Gasteiger partial charge in [0.25, 0.3) is 0 Å². The van der Waals surface area contributed by atoms with Gasteiger partial charge in [0.1, 0.15) is 6.42 Å². The van der Waals surface area contributed by atoms with E-state index in [0.29, 0.717) is 11.5 Å². The molecule has 0 aliphatic carbocycles. The van der Waals surface area contributed by atoms with Gasteiger partial charge >= 0.3 is 6.03 Å². The fourth-order valence-corrected chi connectivity index (χ4v) is 2.44. The Balaban J connectivity index is 2.75. The molecule has 0 aromatic rings. The molecule has 1 rings (SSSR count). The molecule has 1 aliphatic heterocycles. The topological polar surface area (TPSA) is 57.7 Å². The molecule has 0 spiro atoms. The predicted molar refractivity (Wildman–Crippen MR) is 69.0 cm³/mol. The van der Waals surface area contributed by atoms with Crippen LogP contribution in [0.4, 0.5) is 4.79 Å². The van der Waals surface area contributed by atoms with Crippen molar-refractivity contribution in [1.82, 2.24) is 8.61 Å². The highest BCUT2D eigenvalue weighted by molar-refractivity contribution is 7.99. The number of nitrogens with zero attached hydrogens (tertiary/aromatic N) is 2. The Bertz CT molecular complexity index is 339. The number of hydrogen-bond donors (Lipinski definition) is 0.